The summed E-state index contributed by atoms with van der Waals surface area (Å²) >= 11 is 3.04. The zero-order chi connectivity index (χ0) is 27.0. The van der Waals surface area contributed by atoms with E-state index in [0.717, 1.165) is 9.80 Å². The van der Waals surface area contributed by atoms with E-state index in [1.165, 1.54) is 28.1 Å². The van der Waals surface area contributed by atoms with Crippen molar-refractivity contribution in [2.24, 2.45) is 0 Å². The second-order valence-electron chi connectivity index (χ2n) is 9.12. The molecule has 0 amide bonds. The van der Waals surface area contributed by atoms with Crippen LogP contribution in [0.3, 0.4) is 0 Å². The van der Waals surface area contributed by atoms with Crippen molar-refractivity contribution in [3.8, 4) is 0 Å². The minimum Gasteiger partial charge on any atom is -1.00 e. The molecule has 6 heteroatoms. The molecule has 200 valence electrons. The van der Waals surface area contributed by atoms with Crippen LogP contribution in [0.25, 0.3) is 16.5 Å². The summed E-state index contributed by atoms with van der Waals surface area (Å²) in [5.41, 5.74) is 4.12. The molecule has 0 saturated heterocycles. The van der Waals surface area contributed by atoms with Gasteiger partial charge in [-0.1, -0.05) is 103 Å². The first-order valence-corrected chi connectivity index (χ1v) is 14.7. The van der Waals surface area contributed by atoms with Crippen LogP contribution < -0.4 is 21.5 Å². The molecule has 0 fully saturated rings. The number of hydrogen-bond donors (Lipinski definition) is 0. The number of pyridine rings is 1. The minimum absolute atomic E-state index is 0. The number of nitrogens with zero attached hydrogens (tertiary/aromatic N) is 1. The number of hydrogen-bond acceptors (Lipinski definition) is 4. The van der Waals surface area contributed by atoms with Gasteiger partial charge < -0.3 is 17.0 Å². The van der Waals surface area contributed by atoms with Crippen LogP contribution in [0.4, 0.5) is 0 Å². The van der Waals surface area contributed by atoms with Crippen LogP contribution in [0.5, 0.6) is 0 Å². The largest absolute Gasteiger partial charge is 1.00 e. The fraction of sp³-hybridized carbons (Fsp3) is 0.0882. The van der Waals surface area contributed by atoms with Crippen molar-refractivity contribution in [3.63, 3.8) is 0 Å². The molecular formula is C34H28BrNO2S2. The Kier molecular flexibility index (Phi) is 10.5. The van der Waals surface area contributed by atoms with Crippen molar-refractivity contribution in [2.75, 3.05) is 5.75 Å². The molecule has 0 atom stereocenters. The van der Waals surface area contributed by atoms with Gasteiger partial charge in [-0.2, -0.15) is 4.57 Å². The Hall–Kier alpha value is -3.45. The average Bonchev–Trinajstić information content (AvgIpc) is 2.99. The van der Waals surface area contributed by atoms with E-state index in [2.05, 4.69) is 30.3 Å². The van der Waals surface area contributed by atoms with Crippen LogP contribution in [-0.4, -0.2) is 17.3 Å². The fourth-order valence-corrected chi connectivity index (χ4v) is 6.59. The summed E-state index contributed by atoms with van der Waals surface area (Å²) in [6.07, 6.45) is 3.84. The molecule has 1 aromatic heterocycles. The number of allylic oxidation sites excluding steroid dienone is 1. The van der Waals surface area contributed by atoms with E-state index in [-0.39, 0.29) is 34.3 Å². The summed E-state index contributed by atoms with van der Waals surface area (Å²) in [6.45, 7) is 2.02. The average molecular weight is 627 g/mol. The Morgan fingerprint density at radius 3 is 1.98 bits per heavy atom. The van der Waals surface area contributed by atoms with Crippen LogP contribution in [0.2, 0.25) is 0 Å². The van der Waals surface area contributed by atoms with E-state index in [1.54, 1.807) is 11.8 Å². The van der Waals surface area contributed by atoms with Crippen LogP contribution in [0.15, 0.2) is 132 Å². The van der Waals surface area contributed by atoms with Gasteiger partial charge in [0.25, 0.3) is 11.5 Å². The van der Waals surface area contributed by atoms with E-state index < -0.39 is 0 Å². The maximum atomic E-state index is 14.0. The number of thioether (sulfide) groups is 2. The SMILES string of the molecule is Cc1cc[n+](/C(C(=O)c2ccccc2)=C(\SCC(=O)c2ccccc2)SCc2cccc3ccccc23)cc1.[Br-]. The number of Topliss-reactive ketones (excluding diaryl/α,β-unsaturated/α-hetero) is 2. The Morgan fingerprint density at radius 2 is 1.27 bits per heavy atom. The van der Waals surface area contributed by atoms with Gasteiger partial charge >= 0.3 is 0 Å². The van der Waals surface area contributed by atoms with Gasteiger partial charge in [-0.05, 0) is 28.8 Å². The minimum atomic E-state index is -0.0791. The molecule has 0 unspecified atom stereocenters. The highest BCUT2D eigenvalue weighted by molar-refractivity contribution is 8.22. The van der Waals surface area contributed by atoms with Gasteiger partial charge in [-0.3, -0.25) is 9.59 Å². The van der Waals surface area contributed by atoms with Crippen molar-refractivity contribution in [3.05, 3.63) is 154 Å². The number of benzene rings is 4. The number of halogens is 1. The molecular weight excluding hydrogens is 598 g/mol. The quantitative estimate of drug-likeness (QED) is 0.124. The zero-order valence-corrected chi connectivity index (χ0v) is 25.2. The Bertz CT molecular complexity index is 1630. The molecule has 1 heterocycles. The van der Waals surface area contributed by atoms with E-state index >= 15 is 0 Å². The predicted octanol–water partition coefficient (Wildman–Crippen LogP) is 5.00. The van der Waals surface area contributed by atoms with Crippen molar-refractivity contribution in [1.82, 2.24) is 0 Å². The topological polar surface area (TPSA) is 38.0 Å². The summed E-state index contributed by atoms with van der Waals surface area (Å²) < 4.78 is 2.70. The van der Waals surface area contributed by atoms with E-state index in [0.29, 0.717) is 22.6 Å². The monoisotopic (exact) mass is 625 g/mol. The number of fused-ring (bicyclic) bond motifs is 1. The molecule has 0 spiro atoms. The van der Waals surface area contributed by atoms with Gasteiger partial charge in [0.05, 0.1) is 5.75 Å². The van der Waals surface area contributed by atoms with Gasteiger partial charge in [0.1, 0.15) is 4.24 Å². The fourth-order valence-electron chi connectivity index (χ4n) is 4.27. The third-order valence-electron chi connectivity index (χ3n) is 6.37. The number of carbonyl (C=O) groups excluding carboxylic acids is 2. The lowest BCUT2D eigenvalue weighted by atomic mass is 10.1. The standard InChI is InChI=1S/C34H28NO2S2.BrH/c1-25-19-21-35(22-20-25)32(33(37)28-14-6-3-7-15-28)34(39-24-31(36)27-12-4-2-5-13-27)38-23-29-17-10-16-26-11-8-9-18-30(26)29;/h2-22H,23-24H2,1H3;1H/q+1;/p-1/b34-32-;. The van der Waals surface area contributed by atoms with Gasteiger partial charge in [0.15, 0.2) is 18.2 Å². The van der Waals surface area contributed by atoms with Crippen LogP contribution in [0.1, 0.15) is 31.8 Å². The smallest absolute Gasteiger partial charge is 0.279 e. The molecule has 0 aliphatic rings. The van der Waals surface area contributed by atoms with Crippen molar-refractivity contribution in [1.29, 1.82) is 0 Å². The summed E-state index contributed by atoms with van der Waals surface area (Å²) in [6, 6.07) is 37.3. The number of aryl methyl sites for hydroxylation is 1. The summed E-state index contributed by atoms with van der Waals surface area (Å²) in [5.74, 6) is 0.856. The molecule has 5 aromatic rings. The molecule has 4 aromatic carbocycles. The Labute approximate surface area is 254 Å². The van der Waals surface area contributed by atoms with E-state index in [1.807, 2.05) is 109 Å². The highest BCUT2D eigenvalue weighted by Gasteiger charge is 2.28. The molecule has 5 rings (SSSR count). The lowest BCUT2D eigenvalue weighted by Crippen LogP contribution is -3.00. The Balaban J connectivity index is 0.00000370. The Morgan fingerprint density at radius 1 is 0.675 bits per heavy atom. The summed E-state index contributed by atoms with van der Waals surface area (Å²) in [7, 11) is 0. The number of ketones is 2. The molecule has 0 N–H and O–H groups in total. The van der Waals surface area contributed by atoms with Crippen molar-refractivity contribution in [2.45, 2.75) is 12.7 Å². The van der Waals surface area contributed by atoms with Gasteiger partial charge in [-0.25, -0.2) is 0 Å². The van der Waals surface area contributed by atoms with Gasteiger partial charge in [-0.15, -0.1) is 23.5 Å². The molecule has 0 aliphatic heterocycles. The number of carbonyl (C=O) groups is 2. The second-order valence-corrected chi connectivity index (χ2v) is 11.3. The molecule has 0 saturated carbocycles. The first kappa shape index (κ1) is 29.5. The first-order chi connectivity index (χ1) is 19.1. The number of aromatic nitrogens is 1. The first-order valence-electron chi connectivity index (χ1n) is 12.7. The lowest BCUT2D eigenvalue weighted by Gasteiger charge is -2.12. The van der Waals surface area contributed by atoms with Gasteiger partial charge in [0.2, 0.25) is 0 Å². The van der Waals surface area contributed by atoms with E-state index in [4.69, 9.17) is 0 Å². The predicted molar refractivity (Wildman–Crippen MR) is 164 cm³/mol. The van der Waals surface area contributed by atoms with Gasteiger partial charge in [0, 0.05) is 29.0 Å². The highest BCUT2D eigenvalue weighted by Crippen LogP contribution is 2.37. The van der Waals surface area contributed by atoms with Crippen molar-refractivity contribution >= 4 is 51.6 Å². The molecule has 40 heavy (non-hydrogen) atoms. The van der Waals surface area contributed by atoms with Crippen LogP contribution in [-0.2, 0) is 5.75 Å². The molecule has 3 nitrogen and oxygen atoms in total. The number of rotatable bonds is 10. The third-order valence-corrected chi connectivity index (χ3v) is 8.85. The maximum absolute atomic E-state index is 14.0. The normalized spacial score (nSPS) is 11.4. The highest BCUT2D eigenvalue weighted by atomic mass is 79.9. The third kappa shape index (κ3) is 7.19. The maximum Gasteiger partial charge on any atom is 0.279 e. The van der Waals surface area contributed by atoms with Crippen LogP contribution >= 0.6 is 23.5 Å². The van der Waals surface area contributed by atoms with E-state index in [9.17, 15) is 9.59 Å². The zero-order valence-electron chi connectivity index (χ0n) is 22.0. The summed E-state index contributed by atoms with van der Waals surface area (Å²) in [4.78, 5) is 27.1. The lowest BCUT2D eigenvalue weighted by molar-refractivity contribution is -0.576. The van der Waals surface area contributed by atoms with Crippen molar-refractivity contribution < 1.29 is 31.1 Å². The molecule has 0 radical (unpaired) electrons. The molecule has 0 aliphatic carbocycles. The second kappa shape index (κ2) is 14.3. The molecule has 0 bridgehead atoms. The van der Waals surface area contributed by atoms with Crippen LogP contribution in [0, 0.1) is 6.92 Å². The summed E-state index contributed by atoms with van der Waals surface area (Å²) in [5, 5.41) is 2.37.